The van der Waals surface area contributed by atoms with E-state index in [4.69, 9.17) is 26.1 Å². The lowest BCUT2D eigenvalue weighted by atomic mass is 10.2. The number of carbonyl (C=O) groups is 1. The van der Waals surface area contributed by atoms with Crippen LogP contribution >= 0.6 is 22.9 Å². The van der Waals surface area contributed by atoms with Crippen LogP contribution in [-0.4, -0.2) is 34.1 Å². The van der Waals surface area contributed by atoms with Crippen LogP contribution in [0.3, 0.4) is 0 Å². The van der Waals surface area contributed by atoms with Gasteiger partial charge in [0.1, 0.15) is 17.1 Å². The summed E-state index contributed by atoms with van der Waals surface area (Å²) in [6.45, 7) is 9.56. The Labute approximate surface area is 189 Å². The number of methoxy groups -OCH3 is 1. The van der Waals surface area contributed by atoms with E-state index in [9.17, 15) is 4.79 Å². The third-order valence-corrected chi connectivity index (χ3v) is 5.95. The number of carbonyl (C=O) groups excluding carboxylic acids is 1. The lowest BCUT2D eigenvalue weighted by molar-refractivity contribution is 0.0544. The quantitative estimate of drug-likeness (QED) is 0.490. The van der Waals surface area contributed by atoms with E-state index < -0.39 is 11.7 Å². The topological polar surface area (TPSA) is 68.6 Å². The molecule has 3 aromatic rings. The third kappa shape index (κ3) is 4.20. The second-order valence-corrected chi connectivity index (χ2v) is 10.1. The number of aryl methyl sites for hydroxylation is 2. The first-order chi connectivity index (χ1) is 14.6. The summed E-state index contributed by atoms with van der Waals surface area (Å²) in [6.07, 6.45) is 3.30. The molecular weight excluding hydrogens is 434 g/mol. The fourth-order valence-corrected chi connectivity index (χ4v) is 4.66. The summed E-state index contributed by atoms with van der Waals surface area (Å²) in [5.41, 5.74) is 5.16. The number of nitrogens with one attached hydrogen (secondary N) is 1. The molecule has 6 nitrogen and oxygen atoms in total. The number of hydrogen-bond acceptors (Lipinski definition) is 5. The highest BCUT2D eigenvalue weighted by atomic mass is 35.5. The fraction of sp³-hybridized carbons (Fsp3) is 0.304. The van der Waals surface area contributed by atoms with E-state index in [2.05, 4.69) is 11.1 Å². The number of aliphatic imine (C=N–C) groups is 1. The van der Waals surface area contributed by atoms with E-state index in [0.717, 1.165) is 21.7 Å². The zero-order valence-electron chi connectivity index (χ0n) is 18.3. The Morgan fingerprint density at radius 3 is 2.61 bits per heavy atom. The Hall–Kier alpha value is -2.77. The highest BCUT2D eigenvalue weighted by molar-refractivity contribution is 7.22. The Kier molecular flexibility index (Phi) is 5.35. The minimum absolute atomic E-state index is 0.477. The third-order valence-electron chi connectivity index (χ3n) is 4.75. The van der Waals surface area contributed by atoms with Crippen molar-refractivity contribution in [2.75, 3.05) is 7.11 Å². The monoisotopic (exact) mass is 457 g/mol. The lowest BCUT2D eigenvalue weighted by Gasteiger charge is -2.20. The summed E-state index contributed by atoms with van der Waals surface area (Å²) in [5.74, 6) is 0.625. The Morgan fingerprint density at radius 1 is 1.26 bits per heavy atom. The van der Waals surface area contributed by atoms with Gasteiger partial charge in [-0.05, 0) is 64.5 Å². The maximum Gasteiger partial charge on any atom is 0.419 e. The zero-order chi connectivity index (χ0) is 22.5. The predicted octanol–water partition coefficient (Wildman–Crippen LogP) is 6.46. The number of fused-ring (bicyclic) bond motifs is 1. The SMILES string of the molecule is COC1=CC(c2cc3sc(Cl)cc3n2C(=O)OC(C)(C)C)=NC1=Cc1[nH]c(C)cc1C. The van der Waals surface area contributed by atoms with Gasteiger partial charge in [0.05, 0.1) is 33.1 Å². The molecule has 0 atom stereocenters. The number of allylic oxidation sites excluding steroid dienone is 1. The van der Waals surface area contributed by atoms with Crippen molar-refractivity contribution in [1.29, 1.82) is 0 Å². The highest BCUT2D eigenvalue weighted by Crippen LogP contribution is 2.35. The molecule has 1 N–H and O–H groups in total. The van der Waals surface area contributed by atoms with Gasteiger partial charge in [0.2, 0.25) is 0 Å². The van der Waals surface area contributed by atoms with Crippen molar-refractivity contribution < 1.29 is 14.3 Å². The summed E-state index contributed by atoms with van der Waals surface area (Å²) in [4.78, 5) is 21.2. The number of ether oxygens (including phenoxy) is 2. The van der Waals surface area contributed by atoms with Crippen LogP contribution in [0.5, 0.6) is 0 Å². The van der Waals surface area contributed by atoms with Crippen molar-refractivity contribution in [2.45, 2.75) is 40.2 Å². The van der Waals surface area contributed by atoms with Crippen LogP contribution in [-0.2, 0) is 9.47 Å². The largest absolute Gasteiger partial charge is 0.494 e. The van der Waals surface area contributed by atoms with E-state index >= 15 is 0 Å². The first kappa shape index (κ1) is 21.5. The summed E-state index contributed by atoms with van der Waals surface area (Å²) < 4.78 is 14.2. The van der Waals surface area contributed by atoms with Gasteiger partial charge in [-0.15, -0.1) is 11.3 Å². The average Bonchev–Trinajstić information content (AvgIpc) is 3.36. The molecule has 3 aromatic heterocycles. The molecule has 31 heavy (non-hydrogen) atoms. The molecule has 0 saturated heterocycles. The number of halogens is 1. The van der Waals surface area contributed by atoms with E-state index in [-0.39, 0.29) is 0 Å². The molecule has 0 aromatic carbocycles. The van der Waals surface area contributed by atoms with Crippen LogP contribution in [0.25, 0.3) is 16.3 Å². The van der Waals surface area contributed by atoms with Crippen molar-refractivity contribution in [3.8, 4) is 0 Å². The molecule has 1 aliphatic rings. The summed E-state index contributed by atoms with van der Waals surface area (Å²) >= 11 is 7.61. The van der Waals surface area contributed by atoms with Crippen LogP contribution in [0, 0.1) is 13.8 Å². The number of H-pyrrole nitrogens is 1. The second kappa shape index (κ2) is 7.73. The Bertz CT molecular complexity index is 1280. The molecule has 0 fully saturated rings. The summed E-state index contributed by atoms with van der Waals surface area (Å²) in [5, 5.41) is 0. The molecule has 162 valence electrons. The minimum Gasteiger partial charge on any atom is -0.494 e. The smallest absolute Gasteiger partial charge is 0.419 e. The zero-order valence-corrected chi connectivity index (χ0v) is 19.9. The van der Waals surface area contributed by atoms with E-state index in [1.165, 1.54) is 15.9 Å². The fourth-order valence-electron chi connectivity index (χ4n) is 3.50. The number of aromatic amines is 1. The minimum atomic E-state index is -0.635. The van der Waals surface area contributed by atoms with Crippen LogP contribution < -0.4 is 0 Å². The van der Waals surface area contributed by atoms with Gasteiger partial charge in [0.25, 0.3) is 0 Å². The lowest BCUT2D eigenvalue weighted by Crippen LogP contribution is -2.28. The molecule has 1 aliphatic heterocycles. The molecule has 0 spiro atoms. The molecule has 0 bridgehead atoms. The number of thiophene rings is 1. The second-order valence-electron chi connectivity index (χ2n) is 8.43. The van der Waals surface area contributed by atoms with Gasteiger partial charge in [-0.1, -0.05) is 11.6 Å². The Morgan fingerprint density at radius 2 is 2.00 bits per heavy atom. The summed E-state index contributed by atoms with van der Waals surface area (Å²) in [7, 11) is 1.61. The maximum absolute atomic E-state index is 13.1. The molecule has 4 rings (SSSR count). The Balaban J connectivity index is 1.83. The molecule has 0 saturated carbocycles. The van der Waals surface area contributed by atoms with Crippen LogP contribution in [0.4, 0.5) is 4.79 Å². The number of rotatable bonds is 3. The van der Waals surface area contributed by atoms with Gasteiger partial charge in [0, 0.05) is 17.5 Å². The van der Waals surface area contributed by atoms with Crippen LogP contribution in [0.15, 0.2) is 40.7 Å². The normalized spacial score (nSPS) is 15.5. The van der Waals surface area contributed by atoms with Gasteiger partial charge in [-0.3, -0.25) is 0 Å². The standard InChI is InChI=1S/C23H24ClN3O3S/c1-12-7-13(2)25-14(12)8-16-19(29-6)9-15(26-16)17-10-20-18(11-21(24)31-20)27(17)22(28)30-23(3,4)5/h7-11,25H,1-6H3. The van der Waals surface area contributed by atoms with Crippen LogP contribution in [0.2, 0.25) is 4.34 Å². The molecule has 0 radical (unpaired) electrons. The van der Waals surface area contributed by atoms with Crippen molar-refractivity contribution in [2.24, 2.45) is 4.99 Å². The van der Waals surface area contributed by atoms with Gasteiger partial charge in [-0.2, -0.15) is 0 Å². The van der Waals surface area contributed by atoms with Gasteiger partial charge in [0.15, 0.2) is 0 Å². The van der Waals surface area contributed by atoms with Gasteiger partial charge < -0.3 is 14.5 Å². The molecule has 8 heteroatoms. The first-order valence-corrected chi connectivity index (χ1v) is 11.0. The van der Waals surface area contributed by atoms with E-state index in [0.29, 0.717) is 32.7 Å². The van der Waals surface area contributed by atoms with Gasteiger partial charge >= 0.3 is 6.09 Å². The van der Waals surface area contributed by atoms with Gasteiger partial charge in [-0.25, -0.2) is 14.4 Å². The molecule has 0 amide bonds. The van der Waals surface area contributed by atoms with Crippen molar-refractivity contribution in [3.63, 3.8) is 0 Å². The van der Waals surface area contributed by atoms with Crippen molar-refractivity contribution in [3.05, 3.63) is 62.7 Å². The first-order valence-electron chi connectivity index (χ1n) is 9.83. The molecule has 0 aliphatic carbocycles. The molecular formula is C23H24ClN3O3S. The van der Waals surface area contributed by atoms with Crippen molar-refractivity contribution >= 4 is 51.0 Å². The van der Waals surface area contributed by atoms with E-state index in [1.54, 1.807) is 13.2 Å². The van der Waals surface area contributed by atoms with Crippen molar-refractivity contribution in [1.82, 2.24) is 9.55 Å². The maximum atomic E-state index is 13.1. The highest BCUT2D eigenvalue weighted by Gasteiger charge is 2.27. The number of hydrogen-bond donors (Lipinski definition) is 1. The predicted molar refractivity (Wildman–Crippen MR) is 126 cm³/mol. The molecule has 4 heterocycles. The van der Waals surface area contributed by atoms with Crippen LogP contribution in [0.1, 0.15) is 43.4 Å². The summed E-state index contributed by atoms with van der Waals surface area (Å²) in [6, 6.07) is 5.76. The van der Waals surface area contributed by atoms with E-state index in [1.807, 2.05) is 52.8 Å². The number of aromatic nitrogens is 2. The molecule has 0 unspecified atom stereocenters. The number of nitrogens with zero attached hydrogens (tertiary/aromatic N) is 2. The average molecular weight is 458 g/mol.